The monoisotopic (exact) mass is 684 g/mol. The lowest BCUT2D eigenvalue weighted by Gasteiger charge is -2.20. The van der Waals surface area contributed by atoms with E-state index in [1.807, 2.05) is 60.8 Å². The zero-order chi connectivity index (χ0) is 34.2. The Morgan fingerprint density at radius 2 is 1.81 bits per heavy atom. The fraction of sp³-hybridized carbons (Fsp3) is 0.375. The first-order valence-electron chi connectivity index (χ1n) is 15.0. The summed E-state index contributed by atoms with van der Waals surface area (Å²) >= 11 is 1.27. The summed E-state index contributed by atoms with van der Waals surface area (Å²) in [6.45, 7) is 6.73. The summed E-state index contributed by atoms with van der Waals surface area (Å²) in [6, 6.07) is 14.2. The van der Waals surface area contributed by atoms with Crippen LogP contribution in [0.2, 0.25) is 0 Å². The van der Waals surface area contributed by atoms with Crippen molar-refractivity contribution < 1.29 is 32.3 Å². The second-order valence-corrected chi connectivity index (χ2v) is 14.2. The molecule has 0 aliphatic rings. The molecular weight excluding hydrogens is 645 g/mol. The van der Waals surface area contributed by atoms with E-state index in [0.29, 0.717) is 29.4 Å². The number of hydrogen-bond acceptors (Lipinski definition) is 9. The average molecular weight is 685 g/mol. The highest BCUT2D eigenvalue weighted by molar-refractivity contribution is 7.88. The lowest BCUT2D eigenvalue weighted by Crippen LogP contribution is -2.44. The maximum Gasteiger partial charge on any atom is 0.422 e. The van der Waals surface area contributed by atoms with Crippen molar-refractivity contribution in [3.63, 3.8) is 0 Å². The first kappa shape index (κ1) is 35.4. The van der Waals surface area contributed by atoms with Crippen LogP contribution in [0.15, 0.2) is 53.9 Å². The molecule has 0 aliphatic carbocycles. The van der Waals surface area contributed by atoms with Crippen molar-refractivity contribution in [2.24, 2.45) is 0 Å². The van der Waals surface area contributed by atoms with Crippen molar-refractivity contribution in [3.8, 4) is 17.0 Å². The Morgan fingerprint density at radius 1 is 1.06 bits per heavy atom. The molecule has 2 heterocycles. The third kappa shape index (κ3) is 10.5. The molecule has 252 valence electrons. The Balaban J connectivity index is 1.40. The maximum atomic E-state index is 13.5. The fourth-order valence-corrected chi connectivity index (χ4v) is 6.25. The zero-order valence-electron chi connectivity index (χ0n) is 26.9. The van der Waals surface area contributed by atoms with Crippen LogP contribution < -0.4 is 24.8 Å². The number of anilines is 1. The number of methoxy groups -OCH3 is 1. The van der Waals surface area contributed by atoms with E-state index in [4.69, 9.17) is 9.47 Å². The highest BCUT2D eigenvalue weighted by atomic mass is 32.2. The lowest BCUT2D eigenvalue weighted by atomic mass is 10.1. The summed E-state index contributed by atoms with van der Waals surface area (Å²) in [5.74, 6) is -0.147. The highest BCUT2D eigenvalue weighted by Gasteiger charge is 2.24. The number of amides is 3. The number of H-pyrrole nitrogens is 1. The minimum atomic E-state index is -4.15. The van der Waals surface area contributed by atoms with Crippen molar-refractivity contribution in [1.29, 1.82) is 0 Å². The number of carbonyl (C=O) groups excluding carboxylic acids is 3. The summed E-state index contributed by atoms with van der Waals surface area (Å²) in [7, 11) is -2.58. The Bertz CT molecular complexity index is 1810. The van der Waals surface area contributed by atoms with Gasteiger partial charge in [0.2, 0.25) is 11.8 Å². The Hall–Kier alpha value is -4.47. The van der Waals surface area contributed by atoms with Gasteiger partial charge in [0.15, 0.2) is 5.13 Å². The van der Waals surface area contributed by atoms with E-state index in [-0.39, 0.29) is 25.3 Å². The van der Waals surface area contributed by atoms with Gasteiger partial charge in [-0.05, 0) is 70.7 Å². The number of carbonyl (C=O) groups is 3. The maximum absolute atomic E-state index is 13.5. The van der Waals surface area contributed by atoms with Gasteiger partial charge >= 0.3 is 16.3 Å². The van der Waals surface area contributed by atoms with Gasteiger partial charge in [-0.15, -0.1) is 11.3 Å². The van der Waals surface area contributed by atoms with Crippen LogP contribution in [0.5, 0.6) is 5.75 Å². The molecule has 0 spiro atoms. The fourth-order valence-electron chi connectivity index (χ4n) is 4.78. The third-order valence-electron chi connectivity index (χ3n) is 6.95. The number of aromatic amines is 1. The topological polar surface area (TPSA) is 181 Å². The highest BCUT2D eigenvalue weighted by Crippen LogP contribution is 2.27. The normalized spacial score (nSPS) is 12.4. The third-order valence-corrected chi connectivity index (χ3v) is 8.73. The van der Waals surface area contributed by atoms with Crippen molar-refractivity contribution >= 4 is 55.5 Å². The van der Waals surface area contributed by atoms with Crippen molar-refractivity contribution in [1.82, 2.24) is 24.7 Å². The van der Waals surface area contributed by atoms with E-state index in [0.717, 1.165) is 27.7 Å². The van der Waals surface area contributed by atoms with Crippen LogP contribution in [0, 0.1) is 6.92 Å². The first-order valence-corrected chi connectivity index (χ1v) is 17.4. The quantitative estimate of drug-likeness (QED) is 0.117. The first-order chi connectivity index (χ1) is 22.2. The molecule has 0 fully saturated rings. The Labute approximate surface area is 278 Å². The Morgan fingerprint density at radius 3 is 2.51 bits per heavy atom. The molecule has 0 radical (unpaired) electrons. The number of aromatic nitrogens is 2. The van der Waals surface area contributed by atoms with Crippen molar-refractivity contribution in [3.05, 3.63) is 65.2 Å². The number of rotatable bonds is 14. The molecule has 4 aromatic rings. The van der Waals surface area contributed by atoms with Gasteiger partial charge in [-0.3, -0.25) is 9.59 Å². The van der Waals surface area contributed by atoms with Crippen LogP contribution >= 0.6 is 11.3 Å². The number of nitrogens with zero attached hydrogens (tertiary/aromatic N) is 1. The zero-order valence-corrected chi connectivity index (χ0v) is 28.6. The molecular formula is C32H40N6O7S2. The Kier molecular flexibility index (Phi) is 11.6. The summed E-state index contributed by atoms with van der Waals surface area (Å²) < 4.78 is 38.9. The minimum absolute atomic E-state index is 0.0102. The van der Waals surface area contributed by atoms with E-state index in [2.05, 4.69) is 25.3 Å². The van der Waals surface area contributed by atoms with Gasteiger partial charge < -0.3 is 25.1 Å². The minimum Gasteiger partial charge on any atom is -0.497 e. The predicted molar refractivity (Wildman–Crippen MR) is 182 cm³/mol. The smallest absolute Gasteiger partial charge is 0.422 e. The van der Waals surface area contributed by atoms with Gasteiger partial charge in [0.1, 0.15) is 17.4 Å². The molecule has 0 aliphatic heterocycles. The number of fused-ring (bicyclic) bond motifs is 1. The van der Waals surface area contributed by atoms with Crippen LogP contribution in [-0.4, -0.2) is 61.6 Å². The van der Waals surface area contributed by atoms with Gasteiger partial charge in [-0.25, -0.2) is 14.5 Å². The van der Waals surface area contributed by atoms with E-state index in [1.54, 1.807) is 32.6 Å². The van der Waals surface area contributed by atoms with Crippen LogP contribution in [0.1, 0.15) is 51.3 Å². The number of ether oxygens (including phenoxy) is 2. The SMILES string of the molecule is COc1ccc2[nH]c(C)c(CC(=O)NC(CCCCNS(=O)(=O)NC(=O)OC(C)(C)C)C(=O)Nc3nc(-c4ccccc4)cs3)c2c1. The number of thiazole rings is 1. The van der Waals surface area contributed by atoms with Crippen LogP contribution in [0.4, 0.5) is 9.93 Å². The van der Waals surface area contributed by atoms with E-state index in [9.17, 15) is 22.8 Å². The van der Waals surface area contributed by atoms with Gasteiger partial charge in [-0.1, -0.05) is 30.3 Å². The van der Waals surface area contributed by atoms with Crippen molar-refractivity contribution in [2.45, 2.75) is 65.0 Å². The number of hydrogen-bond donors (Lipinski definition) is 5. The molecule has 13 nitrogen and oxygen atoms in total. The van der Waals surface area contributed by atoms with Gasteiger partial charge in [0, 0.05) is 34.1 Å². The predicted octanol–water partition coefficient (Wildman–Crippen LogP) is 4.80. The van der Waals surface area contributed by atoms with E-state index in [1.165, 1.54) is 11.3 Å². The molecule has 1 atom stereocenters. The standard InChI is InChI=1S/C32H40N6O7S2/c1-20-23(24-17-22(44-5)14-15-25(24)34-20)18-28(39)35-26(13-9-10-16-33-47(42,43)38-31(41)45-32(2,3)4)29(40)37-30-36-27(19-46-30)21-11-7-6-8-12-21/h6-8,11-12,14-15,17,19,26,33-34H,9-10,13,16,18H2,1-5H3,(H,35,39)(H,38,41)(H,36,37,40). The van der Waals surface area contributed by atoms with Gasteiger partial charge in [0.05, 0.1) is 19.2 Å². The summed E-state index contributed by atoms with van der Waals surface area (Å²) in [6.07, 6.45) is -0.147. The number of benzene rings is 2. The summed E-state index contributed by atoms with van der Waals surface area (Å²) in [4.78, 5) is 46.5. The molecule has 47 heavy (non-hydrogen) atoms. The molecule has 0 saturated carbocycles. The van der Waals surface area contributed by atoms with Crippen molar-refractivity contribution in [2.75, 3.05) is 19.0 Å². The number of nitrogens with one attached hydrogen (secondary N) is 5. The molecule has 0 saturated heterocycles. The largest absolute Gasteiger partial charge is 0.497 e. The van der Waals surface area contributed by atoms with Gasteiger partial charge in [-0.2, -0.15) is 13.1 Å². The second kappa shape index (κ2) is 15.4. The molecule has 2 aromatic heterocycles. The van der Waals surface area contributed by atoms with E-state index < -0.39 is 33.9 Å². The number of unbranched alkanes of at least 4 members (excludes halogenated alkanes) is 1. The van der Waals surface area contributed by atoms with Crippen LogP contribution in [0.3, 0.4) is 0 Å². The summed E-state index contributed by atoms with van der Waals surface area (Å²) in [5, 5.41) is 8.74. The number of aryl methyl sites for hydroxylation is 1. The molecule has 2 aromatic carbocycles. The van der Waals surface area contributed by atoms with Crippen LogP contribution in [-0.2, 0) is 31.0 Å². The molecule has 3 amide bonds. The van der Waals surface area contributed by atoms with Crippen LogP contribution in [0.25, 0.3) is 22.2 Å². The molecule has 15 heteroatoms. The van der Waals surface area contributed by atoms with E-state index >= 15 is 0 Å². The molecule has 5 N–H and O–H groups in total. The molecule has 0 bridgehead atoms. The molecule has 4 rings (SSSR count). The second-order valence-electron chi connectivity index (χ2n) is 11.8. The average Bonchev–Trinajstić information content (AvgIpc) is 3.58. The lowest BCUT2D eigenvalue weighted by molar-refractivity contribution is -0.126. The van der Waals surface area contributed by atoms with Gasteiger partial charge in [0.25, 0.3) is 0 Å². The summed E-state index contributed by atoms with van der Waals surface area (Å²) in [5.41, 5.74) is 3.23. The molecule has 1 unspecified atom stereocenters.